The van der Waals surface area contributed by atoms with Gasteiger partial charge < -0.3 is 15.0 Å². The van der Waals surface area contributed by atoms with Gasteiger partial charge in [-0.05, 0) is 31.9 Å². The molecule has 1 unspecified atom stereocenters. The number of hydrogen-bond acceptors (Lipinski definition) is 3. The molecule has 0 aliphatic carbocycles. The molecule has 0 radical (unpaired) electrons. The Hall–Kier alpha value is -1.55. The van der Waals surface area contributed by atoms with E-state index in [0.29, 0.717) is 13.2 Å². The fraction of sp³-hybridized carbons (Fsp3) is 0.562. The van der Waals surface area contributed by atoms with E-state index in [1.165, 1.54) is 0 Å². The molecule has 1 heterocycles. The van der Waals surface area contributed by atoms with E-state index in [9.17, 15) is 4.79 Å². The number of piperidine rings is 1. The van der Waals surface area contributed by atoms with Crippen LogP contribution in [0.3, 0.4) is 0 Å². The minimum absolute atomic E-state index is 0.0127. The molecule has 1 amide bonds. The molecule has 4 heteroatoms. The molecule has 0 spiro atoms. The first-order chi connectivity index (χ1) is 9.63. The first-order valence-electron chi connectivity index (χ1n) is 7.33. The Labute approximate surface area is 121 Å². The standard InChI is InChI=1S/C16H24N2O2/c1-3-17-16(2)10-7-11-18(13-16)15(19)20-12-14-8-5-4-6-9-14/h4-6,8-9,17H,3,7,10-13H2,1-2H3. The third kappa shape index (κ3) is 3.97. The monoisotopic (exact) mass is 276 g/mol. The molecular formula is C16H24N2O2. The Morgan fingerprint density at radius 3 is 2.85 bits per heavy atom. The maximum atomic E-state index is 12.1. The zero-order valence-electron chi connectivity index (χ0n) is 12.4. The molecule has 1 aliphatic rings. The smallest absolute Gasteiger partial charge is 0.410 e. The van der Waals surface area contributed by atoms with E-state index in [-0.39, 0.29) is 11.6 Å². The summed E-state index contributed by atoms with van der Waals surface area (Å²) in [6, 6.07) is 9.79. The van der Waals surface area contributed by atoms with Crippen LogP contribution in [0.4, 0.5) is 4.79 Å². The fourth-order valence-electron chi connectivity index (χ4n) is 2.78. The van der Waals surface area contributed by atoms with Gasteiger partial charge in [0.05, 0.1) is 0 Å². The number of nitrogens with one attached hydrogen (secondary N) is 1. The minimum Gasteiger partial charge on any atom is -0.445 e. The van der Waals surface area contributed by atoms with E-state index < -0.39 is 0 Å². The third-order valence-corrected chi connectivity index (χ3v) is 3.76. The van der Waals surface area contributed by atoms with Gasteiger partial charge in [-0.1, -0.05) is 37.3 Å². The van der Waals surface area contributed by atoms with Crippen LogP contribution in [0.1, 0.15) is 32.3 Å². The van der Waals surface area contributed by atoms with Crippen LogP contribution < -0.4 is 5.32 Å². The number of hydrogen-bond donors (Lipinski definition) is 1. The van der Waals surface area contributed by atoms with Gasteiger partial charge in [0.2, 0.25) is 0 Å². The van der Waals surface area contributed by atoms with Crippen molar-refractivity contribution in [1.82, 2.24) is 10.2 Å². The Morgan fingerprint density at radius 2 is 2.15 bits per heavy atom. The molecule has 0 bridgehead atoms. The van der Waals surface area contributed by atoms with Gasteiger partial charge in [-0.15, -0.1) is 0 Å². The summed E-state index contributed by atoms with van der Waals surface area (Å²) >= 11 is 0. The van der Waals surface area contributed by atoms with Gasteiger partial charge in [-0.2, -0.15) is 0 Å². The molecule has 1 aromatic carbocycles. The van der Waals surface area contributed by atoms with Crippen LogP contribution in [-0.4, -0.2) is 36.2 Å². The highest BCUT2D eigenvalue weighted by Gasteiger charge is 2.32. The topological polar surface area (TPSA) is 41.6 Å². The lowest BCUT2D eigenvalue weighted by molar-refractivity contribution is 0.0694. The summed E-state index contributed by atoms with van der Waals surface area (Å²) < 4.78 is 5.40. The Morgan fingerprint density at radius 1 is 1.40 bits per heavy atom. The van der Waals surface area contributed by atoms with Gasteiger partial charge in [0.25, 0.3) is 0 Å². The van der Waals surface area contributed by atoms with Crippen LogP contribution in [0, 0.1) is 0 Å². The van der Waals surface area contributed by atoms with Crippen LogP contribution in [0.15, 0.2) is 30.3 Å². The zero-order valence-corrected chi connectivity index (χ0v) is 12.4. The van der Waals surface area contributed by atoms with E-state index in [1.54, 1.807) is 0 Å². The molecule has 1 N–H and O–H groups in total. The van der Waals surface area contributed by atoms with Gasteiger partial charge in [0.15, 0.2) is 0 Å². The molecular weight excluding hydrogens is 252 g/mol. The lowest BCUT2D eigenvalue weighted by Crippen LogP contribution is -2.56. The van der Waals surface area contributed by atoms with Crippen LogP contribution in [0.5, 0.6) is 0 Å². The van der Waals surface area contributed by atoms with Crippen molar-refractivity contribution >= 4 is 6.09 Å². The molecule has 110 valence electrons. The summed E-state index contributed by atoms with van der Waals surface area (Å²) in [5, 5.41) is 3.47. The van der Waals surface area contributed by atoms with Gasteiger partial charge in [0, 0.05) is 18.6 Å². The van der Waals surface area contributed by atoms with Crippen LogP contribution >= 0.6 is 0 Å². The van der Waals surface area contributed by atoms with Crippen molar-refractivity contribution in [2.24, 2.45) is 0 Å². The molecule has 4 nitrogen and oxygen atoms in total. The molecule has 1 atom stereocenters. The van der Waals surface area contributed by atoms with Gasteiger partial charge in [-0.25, -0.2) is 4.79 Å². The van der Waals surface area contributed by atoms with Gasteiger partial charge in [-0.3, -0.25) is 0 Å². The largest absolute Gasteiger partial charge is 0.445 e. The van der Waals surface area contributed by atoms with Crippen molar-refractivity contribution < 1.29 is 9.53 Å². The van der Waals surface area contributed by atoms with Crippen LogP contribution in [0.25, 0.3) is 0 Å². The van der Waals surface area contributed by atoms with E-state index in [1.807, 2.05) is 35.2 Å². The minimum atomic E-state index is -0.210. The molecule has 20 heavy (non-hydrogen) atoms. The van der Waals surface area contributed by atoms with Crippen molar-refractivity contribution in [3.63, 3.8) is 0 Å². The average Bonchev–Trinajstić information content (AvgIpc) is 2.46. The first kappa shape index (κ1) is 14.9. The number of rotatable bonds is 4. The molecule has 0 saturated carbocycles. The predicted molar refractivity (Wildman–Crippen MR) is 79.5 cm³/mol. The van der Waals surface area contributed by atoms with Crippen LogP contribution in [0.2, 0.25) is 0 Å². The number of benzene rings is 1. The molecule has 1 fully saturated rings. The maximum absolute atomic E-state index is 12.1. The molecule has 1 aliphatic heterocycles. The normalized spacial score (nSPS) is 22.6. The van der Waals surface area contributed by atoms with Crippen molar-refractivity contribution in [3.05, 3.63) is 35.9 Å². The number of ether oxygens (including phenoxy) is 1. The highest BCUT2D eigenvalue weighted by molar-refractivity contribution is 5.68. The summed E-state index contributed by atoms with van der Waals surface area (Å²) in [5.41, 5.74) is 1.03. The van der Waals surface area contributed by atoms with E-state index in [2.05, 4.69) is 19.2 Å². The quantitative estimate of drug-likeness (QED) is 0.919. The number of nitrogens with zero attached hydrogens (tertiary/aromatic N) is 1. The highest BCUT2D eigenvalue weighted by atomic mass is 16.6. The summed E-state index contributed by atoms with van der Waals surface area (Å²) in [6.07, 6.45) is 1.91. The van der Waals surface area contributed by atoms with Gasteiger partial charge >= 0.3 is 6.09 Å². The van der Waals surface area contributed by atoms with Gasteiger partial charge in [0.1, 0.15) is 6.61 Å². The zero-order chi connectivity index (χ0) is 14.4. The third-order valence-electron chi connectivity index (χ3n) is 3.76. The molecule has 0 aromatic heterocycles. The lowest BCUT2D eigenvalue weighted by Gasteiger charge is -2.40. The average molecular weight is 276 g/mol. The molecule has 1 saturated heterocycles. The summed E-state index contributed by atoms with van der Waals surface area (Å²) in [6.45, 7) is 7.03. The summed E-state index contributed by atoms with van der Waals surface area (Å²) in [5.74, 6) is 0. The molecule has 1 aromatic rings. The van der Waals surface area contributed by atoms with Crippen molar-refractivity contribution in [2.45, 2.75) is 38.8 Å². The number of amides is 1. The SMILES string of the molecule is CCNC1(C)CCCN(C(=O)OCc2ccccc2)C1. The number of carbonyl (C=O) groups is 1. The van der Waals surface area contributed by atoms with Crippen molar-refractivity contribution in [1.29, 1.82) is 0 Å². The maximum Gasteiger partial charge on any atom is 0.410 e. The Bertz CT molecular complexity index is 431. The second-order valence-electron chi connectivity index (χ2n) is 5.66. The van der Waals surface area contributed by atoms with Crippen LogP contribution in [-0.2, 0) is 11.3 Å². The first-order valence-corrected chi connectivity index (χ1v) is 7.33. The van der Waals surface area contributed by atoms with E-state index in [0.717, 1.165) is 31.5 Å². The van der Waals surface area contributed by atoms with Crippen molar-refractivity contribution in [2.75, 3.05) is 19.6 Å². The second kappa shape index (κ2) is 6.75. The predicted octanol–water partition coefficient (Wildman–Crippen LogP) is 2.79. The summed E-state index contributed by atoms with van der Waals surface area (Å²) in [4.78, 5) is 14.0. The fourth-order valence-corrected chi connectivity index (χ4v) is 2.78. The number of likely N-dealkylation sites (tertiary alicyclic amines) is 1. The molecule has 2 rings (SSSR count). The Kier molecular flexibility index (Phi) is 5.01. The lowest BCUT2D eigenvalue weighted by atomic mass is 9.91. The summed E-state index contributed by atoms with van der Waals surface area (Å²) in [7, 11) is 0. The van der Waals surface area contributed by atoms with Crippen molar-refractivity contribution in [3.8, 4) is 0 Å². The Balaban J connectivity index is 1.86. The highest BCUT2D eigenvalue weighted by Crippen LogP contribution is 2.21. The second-order valence-corrected chi connectivity index (χ2v) is 5.66. The number of carbonyl (C=O) groups excluding carboxylic acids is 1. The number of likely N-dealkylation sites (N-methyl/N-ethyl adjacent to an activating group) is 1. The van der Waals surface area contributed by atoms with E-state index >= 15 is 0 Å². The van der Waals surface area contributed by atoms with E-state index in [4.69, 9.17) is 4.74 Å².